The van der Waals surface area contributed by atoms with Gasteiger partial charge < -0.3 is 5.32 Å². The third kappa shape index (κ3) is 3.34. The number of hydrogen-bond donors (Lipinski definition) is 1. The molecule has 0 amide bonds. The quantitative estimate of drug-likeness (QED) is 0.878. The van der Waals surface area contributed by atoms with Gasteiger partial charge >= 0.3 is 0 Å². The molecule has 2 heteroatoms. The molecule has 1 fully saturated rings. The molecule has 1 aliphatic rings. The fraction of sp³-hybridized carbons (Fsp3) is 0.562. The summed E-state index contributed by atoms with van der Waals surface area (Å²) in [5.74, 6) is 1.77. The zero-order valence-electron chi connectivity index (χ0n) is 11.4. The van der Waals surface area contributed by atoms with Gasteiger partial charge in [0.15, 0.2) is 0 Å². The van der Waals surface area contributed by atoms with E-state index in [1.807, 2.05) is 12.1 Å². The largest absolute Gasteiger partial charge is 0.312 e. The molecule has 0 saturated heterocycles. The van der Waals surface area contributed by atoms with Crippen molar-refractivity contribution in [2.75, 3.05) is 6.54 Å². The Kier molecular flexibility index (Phi) is 4.38. The van der Waals surface area contributed by atoms with Crippen LogP contribution in [0.2, 0.25) is 0 Å². The Bertz CT molecular complexity index is 445. The molecule has 1 aromatic carbocycles. The van der Waals surface area contributed by atoms with Crippen LogP contribution in [0.5, 0.6) is 0 Å². The van der Waals surface area contributed by atoms with Crippen molar-refractivity contribution in [1.29, 1.82) is 5.26 Å². The lowest BCUT2D eigenvalue weighted by Gasteiger charge is -2.12. The van der Waals surface area contributed by atoms with Crippen LogP contribution in [-0.2, 0) is 6.54 Å². The summed E-state index contributed by atoms with van der Waals surface area (Å²) in [7, 11) is 0. The second kappa shape index (κ2) is 6.02. The van der Waals surface area contributed by atoms with Crippen LogP contribution in [-0.4, -0.2) is 6.54 Å². The van der Waals surface area contributed by atoms with E-state index in [1.54, 1.807) is 0 Å². The standard InChI is InChI=1S/C16H22N2/c1-12-3-4-15(7-12)10-18-11-16-6-5-14(9-17)8-13(16)2/h5-6,8,12,15,18H,3-4,7,10-11H2,1-2H3. The lowest BCUT2D eigenvalue weighted by atomic mass is 10.0. The van der Waals surface area contributed by atoms with Crippen molar-refractivity contribution in [2.45, 2.75) is 39.7 Å². The van der Waals surface area contributed by atoms with Gasteiger partial charge in [0.1, 0.15) is 0 Å². The average Bonchev–Trinajstić information content (AvgIpc) is 2.77. The zero-order chi connectivity index (χ0) is 13.0. The highest BCUT2D eigenvalue weighted by Crippen LogP contribution is 2.29. The molecule has 0 aliphatic heterocycles. The Morgan fingerprint density at radius 2 is 2.22 bits per heavy atom. The van der Waals surface area contributed by atoms with Gasteiger partial charge in [-0.1, -0.05) is 19.4 Å². The Balaban J connectivity index is 1.82. The van der Waals surface area contributed by atoms with Gasteiger partial charge in [-0.05, 0) is 61.4 Å². The van der Waals surface area contributed by atoms with Gasteiger partial charge in [0.05, 0.1) is 11.6 Å². The number of nitriles is 1. The minimum atomic E-state index is 0.751. The number of benzene rings is 1. The first-order chi connectivity index (χ1) is 8.69. The Hall–Kier alpha value is -1.33. The van der Waals surface area contributed by atoms with Crippen molar-refractivity contribution in [3.05, 3.63) is 34.9 Å². The van der Waals surface area contributed by atoms with E-state index in [0.29, 0.717) is 0 Å². The molecular formula is C16H22N2. The van der Waals surface area contributed by atoms with E-state index < -0.39 is 0 Å². The summed E-state index contributed by atoms with van der Waals surface area (Å²) in [5.41, 5.74) is 3.27. The lowest BCUT2D eigenvalue weighted by molar-refractivity contribution is 0.470. The molecule has 18 heavy (non-hydrogen) atoms. The normalized spacial score (nSPS) is 22.9. The minimum Gasteiger partial charge on any atom is -0.312 e. The molecule has 0 radical (unpaired) electrons. The number of aryl methyl sites for hydroxylation is 1. The van der Waals surface area contributed by atoms with Gasteiger partial charge in [0.25, 0.3) is 0 Å². The molecule has 2 unspecified atom stereocenters. The monoisotopic (exact) mass is 242 g/mol. The highest BCUT2D eigenvalue weighted by molar-refractivity contribution is 5.37. The molecule has 1 aliphatic carbocycles. The highest BCUT2D eigenvalue weighted by Gasteiger charge is 2.20. The third-order valence-electron chi connectivity index (χ3n) is 4.02. The molecule has 2 nitrogen and oxygen atoms in total. The van der Waals surface area contributed by atoms with Crippen LogP contribution in [0.25, 0.3) is 0 Å². The molecular weight excluding hydrogens is 220 g/mol. The molecule has 1 N–H and O–H groups in total. The molecule has 0 spiro atoms. The van der Waals surface area contributed by atoms with Gasteiger partial charge in [-0.25, -0.2) is 0 Å². The van der Waals surface area contributed by atoms with Gasteiger partial charge in [-0.15, -0.1) is 0 Å². The lowest BCUT2D eigenvalue weighted by Crippen LogP contribution is -2.21. The van der Waals surface area contributed by atoms with Crippen LogP contribution in [0.15, 0.2) is 18.2 Å². The minimum absolute atomic E-state index is 0.751. The summed E-state index contributed by atoms with van der Waals surface area (Å²) in [6.45, 7) is 6.48. The highest BCUT2D eigenvalue weighted by atomic mass is 14.9. The molecule has 0 aromatic heterocycles. The van der Waals surface area contributed by atoms with Gasteiger partial charge in [-0.2, -0.15) is 5.26 Å². The average molecular weight is 242 g/mol. The van der Waals surface area contributed by atoms with Crippen LogP contribution in [0, 0.1) is 30.1 Å². The Morgan fingerprint density at radius 1 is 1.39 bits per heavy atom. The van der Waals surface area contributed by atoms with Crippen LogP contribution in [0.3, 0.4) is 0 Å². The third-order valence-corrected chi connectivity index (χ3v) is 4.02. The number of rotatable bonds is 4. The first-order valence-corrected chi connectivity index (χ1v) is 6.89. The predicted molar refractivity (Wildman–Crippen MR) is 74.1 cm³/mol. The van der Waals surface area contributed by atoms with Gasteiger partial charge in [0.2, 0.25) is 0 Å². The molecule has 96 valence electrons. The fourth-order valence-corrected chi connectivity index (χ4v) is 2.89. The Labute approximate surface area is 110 Å². The van der Waals surface area contributed by atoms with E-state index in [2.05, 4.69) is 31.3 Å². The predicted octanol–water partition coefficient (Wildman–Crippen LogP) is 3.39. The summed E-state index contributed by atoms with van der Waals surface area (Å²) in [5, 5.41) is 12.4. The fourth-order valence-electron chi connectivity index (χ4n) is 2.89. The molecule has 2 rings (SSSR count). The maximum atomic E-state index is 8.83. The first kappa shape index (κ1) is 13.1. The summed E-state index contributed by atoms with van der Waals surface area (Å²) < 4.78 is 0. The summed E-state index contributed by atoms with van der Waals surface area (Å²) in [6.07, 6.45) is 4.14. The SMILES string of the molecule is Cc1cc(C#N)ccc1CNCC1CCC(C)C1. The summed E-state index contributed by atoms with van der Waals surface area (Å²) >= 11 is 0. The van der Waals surface area contributed by atoms with E-state index >= 15 is 0 Å². The van der Waals surface area contributed by atoms with Crippen molar-refractivity contribution in [3.8, 4) is 6.07 Å². The molecule has 0 bridgehead atoms. The van der Waals surface area contributed by atoms with E-state index in [1.165, 1.54) is 30.4 Å². The Morgan fingerprint density at radius 3 is 2.83 bits per heavy atom. The second-order valence-corrected chi connectivity index (χ2v) is 5.67. The number of hydrogen-bond acceptors (Lipinski definition) is 2. The smallest absolute Gasteiger partial charge is 0.0991 e. The van der Waals surface area contributed by atoms with E-state index in [-0.39, 0.29) is 0 Å². The van der Waals surface area contributed by atoms with Crippen LogP contribution < -0.4 is 5.32 Å². The summed E-state index contributed by atoms with van der Waals surface area (Å²) in [4.78, 5) is 0. The molecule has 2 atom stereocenters. The maximum Gasteiger partial charge on any atom is 0.0991 e. The van der Waals surface area contributed by atoms with E-state index in [4.69, 9.17) is 5.26 Å². The first-order valence-electron chi connectivity index (χ1n) is 6.89. The van der Waals surface area contributed by atoms with Crippen LogP contribution in [0.1, 0.15) is 42.9 Å². The topological polar surface area (TPSA) is 35.8 Å². The van der Waals surface area contributed by atoms with Gasteiger partial charge in [-0.3, -0.25) is 0 Å². The number of nitrogens with one attached hydrogen (secondary N) is 1. The zero-order valence-corrected chi connectivity index (χ0v) is 11.4. The van der Waals surface area contributed by atoms with Crippen molar-refractivity contribution in [2.24, 2.45) is 11.8 Å². The molecule has 0 heterocycles. The van der Waals surface area contributed by atoms with Crippen LogP contribution >= 0.6 is 0 Å². The van der Waals surface area contributed by atoms with E-state index in [0.717, 1.165) is 30.5 Å². The second-order valence-electron chi connectivity index (χ2n) is 5.67. The number of nitrogens with zero attached hydrogens (tertiary/aromatic N) is 1. The van der Waals surface area contributed by atoms with Crippen molar-refractivity contribution >= 4 is 0 Å². The van der Waals surface area contributed by atoms with Crippen molar-refractivity contribution < 1.29 is 0 Å². The molecule has 1 saturated carbocycles. The van der Waals surface area contributed by atoms with Crippen LogP contribution in [0.4, 0.5) is 0 Å². The summed E-state index contributed by atoms with van der Waals surface area (Å²) in [6, 6.07) is 8.12. The molecule has 1 aromatic rings. The van der Waals surface area contributed by atoms with E-state index in [9.17, 15) is 0 Å². The van der Waals surface area contributed by atoms with Gasteiger partial charge in [0, 0.05) is 6.54 Å². The van der Waals surface area contributed by atoms with Crippen molar-refractivity contribution in [1.82, 2.24) is 5.32 Å². The van der Waals surface area contributed by atoms with Crippen molar-refractivity contribution in [3.63, 3.8) is 0 Å². The maximum absolute atomic E-state index is 8.83.